The third-order valence-corrected chi connectivity index (χ3v) is 3.29. The second-order valence-corrected chi connectivity index (χ2v) is 5.37. The maximum Gasteiger partial charge on any atom is 0.338 e. The molecule has 0 saturated carbocycles. The minimum atomic E-state index is -0.609. The van der Waals surface area contributed by atoms with E-state index in [0.717, 1.165) is 5.69 Å². The summed E-state index contributed by atoms with van der Waals surface area (Å²) in [5.74, 6) is -1.14. The van der Waals surface area contributed by atoms with Crippen molar-refractivity contribution in [2.75, 3.05) is 30.9 Å². The molecule has 0 spiro atoms. The van der Waals surface area contributed by atoms with E-state index in [9.17, 15) is 19.7 Å². The first-order chi connectivity index (χ1) is 11.9. The first kappa shape index (κ1) is 17.9. The number of esters is 1. The molecule has 0 radical (unpaired) electrons. The molecule has 0 aliphatic rings. The van der Waals surface area contributed by atoms with Gasteiger partial charge in [0.05, 0.1) is 10.5 Å². The van der Waals surface area contributed by atoms with E-state index in [1.165, 1.54) is 24.3 Å². The number of non-ortho nitro benzene ring substituents is 1. The monoisotopic (exact) mass is 343 g/mol. The molecule has 0 fully saturated rings. The maximum absolute atomic E-state index is 12.0. The Bertz CT molecular complexity index is 787. The molecule has 8 nitrogen and oxygen atoms in total. The summed E-state index contributed by atoms with van der Waals surface area (Å²) in [5.41, 5.74) is 1.48. The van der Waals surface area contributed by atoms with Gasteiger partial charge in [-0.25, -0.2) is 4.79 Å². The number of nitrogens with one attached hydrogen (secondary N) is 1. The average molecular weight is 343 g/mol. The van der Waals surface area contributed by atoms with Crippen LogP contribution in [0.1, 0.15) is 10.4 Å². The fourth-order valence-electron chi connectivity index (χ4n) is 1.99. The SMILES string of the molecule is CN(C)c1cccc(C(=O)OCC(=O)Nc2ccc([N+](=O)[O-])cc2)c1. The lowest BCUT2D eigenvalue weighted by Crippen LogP contribution is -2.21. The number of rotatable bonds is 6. The lowest BCUT2D eigenvalue weighted by molar-refractivity contribution is -0.384. The van der Waals surface area contributed by atoms with Gasteiger partial charge in [-0.3, -0.25) is 14.9 Å². The van der Waals surface area contributed by atoms with Crippen LogP contribution in [0.5, 0.6) is 0 Å². The van der Waals surface area contributed by atoms with Crippen molar-refractivity contribution in [3.63, 3.8) is 0 Å². The number of carbonyl (C=O) groups is 2. The van der Waals surface area contributed by atoms with E-state index in [1.54, 1.807) is 18.2 Å². The van der Waals surface area contributed by atoms with Gasteiger partial charge in [-0.15, -0.1) is 0 Å². The fraction of sp³-hybridized carbons (Fsp3) is 0.176. The summed E-state index contributed by atoms with van der Waals surface area (Å²) in [6.07, 6.45) is 0. The Morgan fingerprint density at radius 3 is 2.44 bits per heavy atom. The van der Waals surface area contributed by atoms with Crippen LogP contribution in [-0.2, 0) is 9.53 Å². The van der Waals surface area contributed by atoms with Crippen molar-refractivity contribution in [1.29, 1.82) is 0 Å². The standard InChI is InChI=1S/C17H17N3O5/c1-19(2)15-5-3-4-12(10-15)17(22)25-11-16(21)18-13-6-8-14(9-7-13)20(23)24/h3-10H,11H2,1-2H3,(H,18,21). The van der Waals surface area contributed by atoms with Crippen molar-refractivity contribution in [3.8, 4) is 0 Å². The summed E-state index contributed by atoms with van der Waals surface area (Å²) in [4.78, 5) is 35.7. The predicted octanol–water partition coefficient (Wildman–Crippen LogP) is 2.46. The number of hydrogen-bond donors (Lipinski definition) is 1. The van der Waals surface area contributed by atoms with Gasteiger partial charge in [-0.05, 0) is 30.3 Å². The van der Waals surface area contributed by atoms with E-state index >= 15 is 0 Å². The Morgan fingerprint density at radius 1 is 1.16 bits per heavy atom. The van der Waals surface area contributed by atoms with Gasteiger partial charge in [0.2, 0.25) is 0 Å². The highest BCUT2D eigenvalue weighted by Gasteiger charge is 2.12. The zero-order valence-corrected chi connectivity index (χ0v) is 13.8. The number of ether oxygens (including phenoxy) is 1. The number of benzene rings is 2. The number of carbonyl (C=O) groups excluding carboxylic acids is 2. The van der Waals surface area contributed by atoms with Gasteiger partial charge in [0.25, 0.3) is 11.6 Å². The Kier molecular flexibility index (Phi) is 5.67. The van der Waals surface area contributed by atoms with Gasteiger partial charge in [0, 0.05) is 37.6 Å². The summed E-state index contributed by atoms with van der Waals surface area (Å²) in [6.45, 7) is -0.456. The number of anilines is 2. The average Bonchev–Trinajstić information content (AvgIpc) is 2.60. The summed E-state index contributed by atoms with van der Waals surface area (Å²) in [5, 5.41) is 13.1. The second kappa shape index (κ2) is 7.91. The van der Waals surface area contributed by atoms with E-state index in [-0.39, 0.29) is 5.69 Å². The van der Waals surface area contributed by atoms with Crippen LogP contribution in [0.3, 0.4) is 0 Å². The van der Waals surface area contributed by atoms with Gasteiger partial charge < -0.3 is 15.0 Å². The van der Waals surface area contributed by atoms with E-state index in [4.69, 9.17) is 4.74 Å². The third kappa shape index (κ3) is 5.03. The van der Waals surface area contributed by atoms with Crippen LogP contribution in [0.25, 0.3) is 0 Å². The van der Waals surface area contributed by atoms with Gasteiger partial charge in [-0.2, -0.15) is 0 Å². The summed E-state index contributed by atoms with van der Waals surface area (Å²) in [6, 6.07) is 12.2. The summed E-state index contributed by atoms with van der Waals surface area (Å²) in [7, 11) is 3.70. The Balaban J connectivity index is 1.90. The quantitative estimate of drug-likeness (QED) is 0.491. The van der Waals surface area contributed by atoms with E-state index < -0.39 is 23.4 Å². The first-order valence-electron chi connectivity index (χ1n) is 7.35. The molecule has 0 atom stereocenters. The Morgan fingerprint density at radius 2 is 1.84 bits per heavy atom. The minimum Gasteiger partial charge on any atom is -0.452 e. The zero-order chi connectivity index (χ0) is 18.4. The molecule has 0 heterocycles. The van der Waals surface area contributed by atoms with Crippen molar-refractivity contribution >= 4 is 28.9 Å². The van der Waals surface area contributed by atoms with Crippen LogP contribution in [0.2, 0.25) is 0 Å². The van der Waals surface area contributed by atoms with Crippen LogP contribution in [0.4, 0.5) is 17.1 Å². The van der Waals surface area contributed by atoms with Gasteiger partial charge >= 0.3 is 5.97 Å². The van der Waals surface area contributed by atoms with Gasteiger partial charge in [0.1, 0.15) is 0 Å². The van der Waals surface area contributed by atoms with E-state index in [2.05, 4.69) is 5.32 Å². The normalized spacial score (nSPS) is 10.0. The van der Waals surface area contributed by atoms with Crippen molar-refractivity contribution < 1.29 is 19.2 Å². The molecule has 2 aromatic rings. The van der Waals surface area contributed by atoms with Crippen LogP contribution >= 0.6 is 0 Å². The number of nitro benzene ring substituents is 1. The highest BCUT2D eigenvalue weighted by molar-refractivity contribution is 5.95. The highest BCUT2D eigenvalue weighted by Crippen LogP contribution is 2.16. The predicted molar refractivity (Wildman–Crippen MR) is 92.8 cm³/mol. The molecule has 1 amide bonds. The number of nitro groups is 1. The Labute approximate surface area is 144 Å². The van der Waals surface area contributed by atoms with Crippen LogP contribution in [-0.4, -0.2) is 37.5 Å². The number of amides is 1. The topological polar surface area (TPSA) is 102 Å². The molecule has 0 saturated heterocycles. The van der Waals surface area contributed by atoms with Crippen molar-refractivity contribution in [1.82, 2.24) is 0 Å². The maximum atomic E-state index is 12.0. The molecule has 2 rings (SSSR count). The van der Waals surface area contributed by atoms with Gasteiger partial charge in [-0.1, -0.05) is 6.07 Å². The lowest BCUT2D eigenvalue weighted by atomic mass is 10.2. The molecule has 8 heteroatoms. The molecular formula is C17H17N3O5. The number of nitrogens with zero attached hydrogens (tertiary/aromatic N) is 2. The molecule has 25 heavy (non-hydrogen) atoms. The van der Waals surface area contributed by atoms with Crippen molar-refractivity contribution in [2.45, 2.75) is 0 Å². The molecule has 1 N–H and O–H groups in total. The van der Waals surface area contributed by atoms with Crippen molar-refractivity contribution in [3.05, 3.63) is 64.2 Å². The Hall–Kier alpha value is -3.42. The molecule has 0 unspecified atom stereocenters. The van der Waals surface area contributed by atoms with Crippen LogP contribution in [0, 0.1) is 10.1 Å². The van der Waals surface area contributed by atoms with E-state index in [1.807, 2.05) is 25.1 Å². The largest absolute Gasteiger partial charge is 0.452 e. The smallest absolute Gasteiger partial charge is 0.338 e. The zero-order valence-electron chi connectivity index (χ0n) is 13.8. The molecular weight excluding hydrogens is 326 g/mol. The minimum absolute atomic E-state index is 0.0785. The molecule has 0 aromatic heterocycles. The molecule has 0 aliphatic heterocycles. The van der Waals surface area contributed by atoms with Crippen molar-refractivity contribution in [2.24, 2.45) is 0 Å². The fourth-order valence-corrected chi connectivity index (χ4v) is 1.99. The molecule has 0 aliphatic carbocycles. The highest BCUT2D eigenvalue weighted by atomic mass is 16.6. The second-order valence-electron chi connectivity index (χ2n) is 5.37. The molecule has 2 aromatic carbocycles. The van der Waals surface area contributed by atoms with E-state index in [0.29, 0.717) is 11.3 Å². The van der Waals surface area contributed by atoms with Gasteiger partial charge in [0.15, 0.2) is 6.61 Å². The summed E-state index contributed by atoms with van der Waals surface area (Å²) >= 11 is 0. The number of hydrogen-bond acceptors (Lipinski definition) is 6. The third-order valence-electron chi connectivity index (χ3n) is 3.29. The first-order valence-corrected chi connectivity index (χ1v) is 7.35. The summed E-state index contributed by atoms with van der Waals surface area (Å²) < 4.78 is 4.98. The molecule has 130 valence electrons. The molecule has 0 bridgehead atoms. The van der Waals surface area contributed by atoms with Crippen LogP contribution in [0.15, 0.2) is 48.5 Å². The van der Waals surface area contributed by atoms with Crippen LogP contribution < -0.4 is 10.2 Å². The lowest BCUT2D eigenvalue weighted by Gasteiger charge is -2.13.